The lowest BCUT2D eigenvalue weighted by Crippen LogP contribution is -2.24. The van der Waals surface area contributed by atoms with Crippen LogP contribution in [0.4, 0.5) is 52.7 Å². The Balaban J connectivity index is 0.000000228. The molecule has 0 spiro atoms. The Hall–Kier alpha value is -5.78. The van der Waals surface area contributed by atoms with Crippen LogP contribution in [-0.4, -0.2) is 65.3 Å². The molecule has 0 bridgehead atoms. The van der Waals surface area contributed by atoms with Crippen molar-refractivity contribution in [2.24, 2.45) is 0 Å². The zero-order chi connectivity index (χ0) is 44.6. The molecule has 0 aliphatic rings. The predicted molar refractivity (Wildman–Crippen MR) is 192 cm³/mol. The maximum absolute atomic E-state index is 13.6. The highest BCUT2D eigenvalue weighted by Gasteiger charge is 2.39. The molecular weight excluding hydrogens is 877 g/mol. The molecule has 2 aromatic carbocycles. The molecule has 6 aromatic rings. The summed E-state index contributed by atoms with van der Waals surface area (Å²) >= 11 is 1.28. The second-order valence-electron chi connectivity index (χ2n) is 12.3. The molecule has 0 radical (unpaired) electrons. The Morgan fingerprint density at radius 3 is 1.33 bits per heavy atom. The van der Waals surface area contributed by atoms with Gasteiger partial charge in [-0.2, -0.15) is 52.7 Å². The lowest BCUT2D eigenvalue weighted by Gasteiger charge is -2.14. The predicted octanol–water partition coefficient (Wildman–Crippen LogP) is 8.77. The third kappa shape index (κ3) is 10.9. The molecule has 0 amide bonds. The first-order chi connectivity index (χ1) is 27.7. The van der Waals surface area contributed by atoms with Gasteiger partial charge >= 0.3 is 24.7 Å². The van der Waals surface area contributed by atoms with Gasteiger partial charge in [-0.25, -0.2) is 18.4 Å². The minimum atomic E-state index is -5.07. The number of thioether (sulfide) groups is 1. The van der Waals surface area contributed by atoms with Gasteiger partial charge in [-0.15, -0.1) is 11.8 Å². The van der Waals surface area contributed by atoms with Crippen molar-refractivity contribution in [3.8, 4) is 33.8 Å². The summed E-state index contributed by atoms with van der Waals surface area (Å²) in [5.41, 5.74) is -7.66. The molecule has 0 saturated carbocycles. The second kappa shape index (κ2) is 16.7. The van der Waals surface area contributed by atoms with Gasteiger partial charge < -0.3 is 9.47 Å². The van der Waals surface area contributed by atoms with Gasteiger partial charge in [0.1, 0.15) is 22.8 Å². The zero-order valence-electron chi connectivity index (χ0n) is 30.1. The average molecular weight is 901 g/mol. The SMILES string of the molecule is CS(=O)(=O)c1ccn2c(=O)c(-c3ccc(OCC(F)(F)F)cc3)c(C(F)(F)F)nc2c1.CSc1ccn2c(=O)c(-c3ccc(OCC(F)(F)F)cc3)c(C(F)(F)F)nc2c1. The minimum absolute atomic E-state index is 0.141. The fourth-order valence-electron chi connectivity index (χ4n) is 5.29. The largest absolute Gasteiger partial charge is 0.484 e. The van der Waals surface area contributed by atoms with E-state index in [2.05, 4.69) is 19.4 Å². The fraction of sp³-hybridized carbons (Fsp3) is 0.222. The van der Waals surface area contributed by atoms with Gasteiger partial charge in [-0.3, -0.25) is 18.4 Å². The Labute approximate surface area is 333 Å². The van der Waals surface area contributed by atoms with Crippen LogP contribution in [0.2, 0.25) is 0 Å². The van der Waals surface area contributed by atoms with Crippen molar-refractivity contribution in [2.75, 3.05) is 25.7 Å². The average Bonchev–Trinajstić information content (AvgIpc) is 3.15. The van der Waals surface area contributed by atoms with E-state index in [1.165, 1.54) is 24.0 Å². The second-order valence-corrected chi connectivity index (χ2v) is 15.2. The maximum Gasteiger partial charge on any atom is 0.434 e. The molecule has 0 saturated heterocycles. The van der Waals surface area contributed by atoms with Gasteiger partial charge in [0, 0.05) is 29.6 Å². The number of hydrogen-bond donors (Lipinski definition) is 0. The summed E-state index contributed by atoms with van der Waals surface area (Å²) in [6, 6.07) is 13.1. The van der Waals surface area contributed by atoms with E-state index in [-0.39, 0.29) is 33.2 Å². The number of nitrogens with zero attached hydrogens (tertiary/aromatic N) is 4. The van der Waals surface area contributed by atoms with Crippen molar-refractivity contribution < 1.29 is 70.6 Å². The molecule has 0 atom stereocenters. The molecule has 0 unspecified atom stereocenters. The molecular formula is C36H24F12N4O6S2. The summed E-state index contributed by atoms with van der Waals surface area (Å²) in [5.74, 6) is -0.459. The molecule has 0 N–H and O–H groups in total. The van der Waals surface area contributed by atoms with Crippen LogP contribution in [-0.2, 0) is 22.2 Å². The van der Waals surface area contributed by atoms with Gasteiger partial charge in [0.05, 0.1) is 16.0 Å². The Bertz CT molecular complexity index is 2770. The number of benzene rings is 2. The van der Waals surface area contributed by atoms with Crippen molar-refractivity contribution in [1.29, 1.82) is 0 Å². The van der Waals surface area contributed by atoms with E-state index in [1.807, 2.05) is 0 Å². The van der Waals surface area contributed by atoms with Gasteiger partial charge in [0.15, 0.2) is 34.4 Å². The van der Waals surface area contributed by atoms with E-state index in [0.717, 1.165) is 81.9 Å². The molecule has 60 heavy (non-hydrogen) atoms. The van der Waals surface area contributed by atoms with E-state index in [1.54, 1.807) is 12.3 Å². The summed E-state index contributed by atoms with van der Waals surface area (Å²) in [5, 5.41) is 0. The summed E-state index contributed by atoms with van der Waals surface area (Å²) < 4.78 is 189. The standard InChI is InChI=1S/C18H12F6N2O4S.C18H12F6N2O2S/c1-31(28,29)12-6-7-26-13(8-12)25-15(18(22,23)24)14(16(26)27)10-2-4-11(5-3-10)30-9-17(19,20)21;1-29-12-6-7-26-13(8-12)25-15(18(22,23)24)14(16(26)27)10-2-4-11(5-3-10)28-9-17(19,20)21/h2-8H,9H2,1H3;2-8H,9H2,1H3. The van der Waals surface area contributed by atoms with E-state index in [4.69, 9.17) is 0 Å². The van der Waals surface area contributed by atoms with Crippen molar-refractivity contribution in [1.82, 2.24) is 18.8 Å². The topological polar surface area (TPSA) is 121 Å². The van der Waals surface area contributed by atoms with E-state index < -0.39 is 87.0 Å². The van der Waals surface area contributed by atoms with E-state index >= 15 is 0 Å². The summed E-state index contributed by atoms with van der Waals surface area (Å²) in [4.78, 5) is 32.9. The molecule has 0 aliphatic carbocycles. The molecule has 10 nitrogen and oxygen atoms in total. The van der Waals surface area contributed by atoms with Crippen molar-refractivity contribution >= 4 is 32.9 Å². The number of sulfone groups is 1. The first kappa shape index (κ1) is 45.3. The van der Waals surface area contributed by atoms with Crippen LogP contribution in [0, 0.1) is 0 Å². The van der Waals surface area contributed by atoms with Gasteiger partial charge in [0.25, 0.3) is 11.1 Å². The molecule has 320 valence electrons. The highest BCUT2D eigenvalue weighted by Crippen LogP contribution is 2.37. The summed E-state index contributed by atoms with van der Waals surface area (Å²) in [7, 11) is -3.77. The maximum atomic E-state index is 13.6. The lowest BCUT2D eigenvalue weighted by molar-refractivity contribution is -0.154. The van der Waals surface area contributed by atoms with Crippen LogP contribution >= 0.6 is 11.8 Å². The Kier molecular flexibility index (Phi) is 12.6. The van der Waals surface area contributed by atoms with Gasteiger partial charge in [-0.05, 0) is 59.8 Å². The quantitative estimate of drug-likeness (QED) is 0.109. The minimum Gasteiger partial charge on any atom is -0.484 e. The number of halogens is 12. The first-order valence-electron chi connectivity index (χ1n) is 16.3. The first-order valence-corrected chi connectivity index (χ1v) is 19.4. The van der Waals surface area contributed by atoms with Crippen molar-refractivity contribution in [3.05, 3.63) is 117 Å². The number of aromatic nitrogens is 4. The fourth-order valence-corrected chi connectivity index (χ4v) is 6.34. The molecule has 4 aromatic heterocycles. The van der Waals surface area contributed by atoms with E-state index in [0.29, 0.717) is 4.90 Å². The monoisotopic (exact) mass is 900 g/mol. The molecule has 6 rings (SSSR count). The molecule has 24 heteroatoms. The number of ether oxygens (including phenoxy) is 2. The number of hydrogen-bond acceptors (Lipinski definition) is 9. The third-order valence-corrected chi connectivity index (χ3v) is 9.73. The number of pyridine rings is 2. The van der Waals surface area contributed by atoms with Crippen molar-refractivity contribution in [3.63, 3.8) is 0 Å². The van der Waals surface area contributed by atoms with Crippen LogP contribution in [0.5, 0.6) is 11.5 Å². The van der Waals surface area contributed by atoms with Crippen LogP contribution in [0.3, 0.4) is 0 Å². The third-order valence-electron chi connectivity index (χ3n) is 7.90. The molecule has 4 heterocycles. The number of rotatable bonds is 8. The smallest absolute Gasteiger partial charge is 0.434 e. The summed E-state index contributed by atoms with van der Waals surface area (Å²) in [6.07, 6.45) is -14.3. The van der Waals surface area contributed by atoms with Crippen LogP contribution in [0.15, 0.2) is 105 Å². The molecule has 0 aliphatic heterocycles. The van der Waals surface area contributed by atoms with Gasteiger partial charge in [-0.1, -0.05) is 24.3 Å². The normalized spacial score (nSPS) is 12.6. The van der Waals surface area contributed by atoms with Crippen molar-refractivity contribution in [2.45, 2.75) is 34.5 Å². The Morgan fingerprint density at radius 2 is 0.983 bits per heavy atom. The zero-order valence-corrected chi connectivity index (χ0v) is 31.7. The molecule has 0 fully saturated rings. The number of fused-ring (bicyclic) bond motifs is 2. The summed E-state index contributed by atoms with van der Waals surface area (Å²) in [6.45, 7) is -3.14. The van der Waals surface area contributed by atoms with E-state index in [9.17, 15) is 70.7 Å². The highest BCUT2D eigenvalue weighted by molar-refractivity contribution is 7.98. The van der Waals surface area contributed by atoms with Crippen LogP contribution in [0.25, 0.3) is 33.5 Å². The van der Waals surface area contributed by atoms with Gasteiger partial charge in [0.2, 0.25) is 0 Å². The lowest BCUT2D eigenvalue weighted by atomic mass is 10.0. The van der Waals surface area contributed by atoms with Crippen LogP contribution < -0.4 is 20.6 Å². The Morgan fingerprint density at radius 1 is 0.600 bits per heavy atom. The van der Waals surface area contributed by atoms with Crippen LogP contribution in [0.1, 0.15) is 11.4 Å². The number of alkyl halides is 12. The highest BCUT2D eigenvalue weighted by atomic mass is 32.2.